The van der Waals surface area contributed by atoms with Gasteiger partial charge in [-0.2, -0.15) is 0 Å². The molecule has 1 fully saturated rings. The van der Waals surface area contributed by atoms with Crippen molar-refractivity contribution < 1.29 is 4.74 Å². The molecule has 3 N–H and O–H groups in total. The quantitative estimate of drug-likeness (QED) is 0.445. The second kappa shape index (κ2) is 8.37. The molecular weight excluding hydrogens is 324 g/mol. The molecular formula is C14H23BrN2OS. The maximum Gasteiger partial charge on any atom is 0.0553 e. The molecule has 0 aliphatic carbocycles. The van der Waals surface area contributed by atoms with Crippen molar-refractivity contribution in [1.82, 2.24) is 5.43 Å². The Balaban J connectivity index is 1.65. The Morgan fingerprint density at radius 3 is 2.84 bits per heavy atom. The number of unbranched alkanes of at least 4 members (excludes halogenated alkanes) is 1. The number of hydrogen-bond donors (Lipinski definition) is 2. The molecule has 0 saturated carbocycles. The lowest BCUT2D eigenvalue weighted by atomic mass is 9.93. The van der Waals surface area contributed by atoms with E-state index < -0.39 is 0 Å². The zero-order valence-electron chi connectivity index (χ0n) is 11.2. The van der Waals surface area contributed by atoms with Crippen LogP contribution in [0.15, 0.2) is 15.9 Å². The van der Waals surface area contributed by atoms with E-state index in [9.17, 15) is 0 Å². The van der Waals surface area contributed by atoms with Gasteiger partial charge in [-0.05, 0) is 47.2 Å². The predicted molar refractivity (Wildman–Crippen MR) is 84.1 cm³/mol. The van der Waals surface area contributed by atoms with E-state index in [0.29, 0.717) is 6.04 Å². The van der Waals surface area contributed by atoms with E-state index in [1.54, 1.807) is 11.3 Å². The smallest absolute Gasteiger partial charge is 0.0553 e. The first-order valence-corrected chi connectivity index (χ1v) is 8.74. The van der Waals surface area contributed by atoms with Gasteiger partial charge in [-0.15, -0.1) is 11.3 Å². The van der Waals surface area contributed by atoms with Crippen LogP contribution in [-0.4, -0.2) is 13.2 Å². The average Bonchev–Trinajstić information content (AvgIpc) is 2.86. The monoisotopic (exact) mass is 346 g/mol. The normalized spacial score (nSPS) is 18.6. The molecule has 1 saturated heterocycles. The number of nitrogens with one attached hydrogen (secondary N) is 1. The predicted octanol–water partition coefficient (Wildman–Crippen LogP) is 4.00. The summed E-state index contributed by atoms with van der Waals surface area (Å²) in [7, 11) is 0. The molecule has 0 radical (unpaired) electrons. The summed E-state index contributed by atoms with van der Waals surface area (Å²) in [6, 6.07) is 2.46. The highest BCUT2D eigenvalue weighted by Gasteiger charge is 2.15. The van der Waals surface area contributed by atoms with Gasteiger partial charge in [-0.3, -0.25) is 11.3 Å². The third-order valence-corrected chi connectivity index (χ3v) is 5.64. The molecule has 1 atom stereocenters. The van der Waals surface area contributed by atoms with Crippen LogP contribution in [0.3, 0.4) is 0 Å². The molecule has 1 aromatic heterocycles. The highest BCUT2D eigenvalue weighted by Crippen LogP contribution is 2.29. The molecule has 0 bridgehead atoms. The van der Waals surface area contributed by atoms with E-state index in [-0.39, 0.29) is 0 Å². The summed E-state index contributed by atoms with van der Waals surface area (Å²) in [5, 5.41) is 2.11. The summed E-state index contributed by atoms with van der Waals surface area (Å²) >= 11 is 5.26. The van der Waals surface area contributed by atoms with Crippen molar-refractivity contribution in [3.8, 4) is 0 Å². The van der Waals surface area contributed by atoms with Crippen LogP contribution in [0, 0.1) is 5.92 Å². The maximum absolute atomic E-state index is 5.66. The van der Waals surface area contributed by atoms with Crippen molar-refractivity contribution in [1.29, 1.82) is 0 Å². The molecule has 1 aromatic rings. The summed E-state index contributed by atoms with van der Waals surface area (Å²) in [5.74, 6) is 6.55. The Morgan fingerprint density at radius 1 is 1.42 bits per heavy atom. The molecule has 3 nitrogen and oxygen atoms in total. The van der Waals surface area contributed by atoms with E-state index >= 15 is 0 Å². The van der Waals surface area contributed by atoms with Gasteiger partial charge in [-0.25, -0.2) is 0 Å². The third kappa shape index (κ3) is 5.16. The Morgan fingerprint density at radius 2 is 2.21 bits per heavy atom. The van der Waals surface area contributed by atoms with Gasteiger partial charge in [-0.1, -0.05) is 19.3 Å². The SMILES string of the molecule is NNC(CCCCC1CCOCC1)c1cc(Br)cs1. The van der Waals surface area contributed by atoms with Crippen molar-refractivity contribution in [2.75, 3.05) is 13.2 Å². The number of ether oxygens (including phenoxy) is 1. The van der Waals surface area contributed by atoms with Gasteiger partial charge in [0.25, 0.3) is 0 Å². The number of hydrazine groups is 1. The Kier molecular flexibility index (Phi) is 6.81. The third-order valence-electron chi connectivity index (χ3n) is 3.83. The topological polar surface area (TPSA) is 47.3 Å². The van der Waals surface area contributed by atoms with Crippen molar-refractivity contribution in [2.24, 2.45) is 11.8 Å². The van der Waals surface area contributed by atoms with Gasteiger partial charge in [0.15, 0.2) is 0 Å². The van der Waals surface area contributed by atoms with Crippen LogP contribution in [-0.2, 0) is 4.74 Å². The van der Waals surface area contributed by atoms with E-state index in [1.807, 2.05) is 0 Å². The van der Waals surface area contributed by atoms with Gasteiger partial charge in [0.05, 0.1) is 6.04 Å². The van der Waals surface area contributed by atoms with Gasteiger partial charge < -0.3 is 4.74 Å². The van der Waals surface area contributed by atoms with Crippen LogP contribution in [0.5, 0.6) is 0 Å². The lowest BCUT2D eigenvalue weighted by Gasteiger charge is -2.22. The number of rotatable bonds is 7. The van der Waals surface area contributed by atoms with Gasteiger partial charge in [0.1, 0.15) is 0 Å². The largest absolute Gasteiger partial charge is 0.381 e. The zero-order chi connectivity index (χ0) is 13.5. The van der Waals surface area contributed by atoms with E-state index in [4.69, 9.17) is 10.6 Å². The lowest BCUT2D eigenvalue weighted by Crippen LogP contribution is -2.27. The fourth-order valence-corrected chi connectivity index (χ4v) is 4.18. The number of halogens is 1. The first-order valence-electron chi connectivity index (χ1n) is 7.07. The number of nitrogens with two attached hydrogens (primary N) is 1. The summed E-state index contributed by atoms with van der Waals surface area (Å²) < 4.78 is 6.54. The molecule has 2 rings (SSSR count). The van der Waals surface area contributed by atoms with Crippen LogP contribution < -0.4 is 11.3 Å². The van der Waals surface area contributed by atoms with Crippen LogP contribution in [0.1, 0.15) is 49.4 Å². The lowest BCUT2D eigenvalue weighted by molar-refractivity contribution is 0.0630. The van der Waals surface area contributed by atoms with Crippen LogP contribution in [0.4, 0.5) is 0 Å². The van der Waals surface area contributed by atoms with Crippen molar-refractivity contribution in [3.63, 3.8) is 0 Å². The first kappa shape index (κ1) is 15.4. The maximum atomic E-state index is 5.66. The first-order chi connectivity index (χ1) is 9.29. The minimum absolute atomic E-state index is 0.297. The summed E-state index contributed by atoms with van der Waals surface area (Å²) in [5.41, 5.74) is 2.94. The molecule has 108 valence electrons. The fraction of sp³-hybridized carbons (Fsp3) is 0.714. The second-order valence-corrected chi connectivity index (χ2v) is 7.09. The minimum Gasteiger partial charge on any atom is -0.381 e. The summed E-state index contributed by atoms with van der Waals surface area (Å²) in [6.45, 7) is 1.92. The van der Waals surface area contributed by atoms with Gasteiger partial charge in [0, 0.05) is 27.9 Å². The van der Waals surface area contributed by atoms with Crippen molar-refractivity contribution in [3.05, 3.63) is 20.8 Å². The van der Waals surface area contributed by atoms with E-state index in [2.05, 4.69) is 32.8 Å². The van der Waals surface area contributed by atoms with Crippen molar-refractivity contribution in [2.45, 2.75) is 44.6 Å². The van der Waals surface area contributed by atoms with Gasteiger partial charge >= 0.3 is 0 Å². The molecule has 5 heteroatoms. The Hall–Kier alpha value is 0.0600. The number of hydrogen-bond acceptors (Lipinski definition) is 4. The molecule has 0 amide bonds. The Bertz CT molecular complexity index is 366. The highest BCUT2D eigenvalue weighted by atomic mass is 79.9. The zero-order valence-corrected chi connectivity index (χ0v) is 13.6. The molecule has 2 heterocycles. The fourth-order valence-electron chi connectivity index (χ4n) is 2.64. The Labute approximate surface area is 128 Å². The molecule has 1 unspecified atom stereocenters. The molecule has 0 aromatic carbocycles. The number of thiophene rings is 1. The average molecular weight is 347 g/mol. The van der Waals surface area contributed by atoms with Gasteiger partial charge in [0.2, 0.25) is 0 Å². The van der Waals surface area contributed by atoms with Crippen LogP contribution in [0.2, 0.25) is 0 Å². The van der Waals surface area contributed by atoms with Crippen molar-refractivity contribution >= 4 is 27.3 Å². The van der Waals surface area contributed by atoms with Crippen LogP contribution >= 0.6 is 27.3 Å². The summed E-state index contributed by atoms with van der Waals surface area (Å²) in [6.07, 6.45) is 7.49. The second-order valence-electron chi connectivity index (χ2n) is 5.23. The molecule has 0 spiro atoms. The van der Waals surface area contributed by atoms with E-state index in [0.717, 1.165) is 30.0 Å². The van der Waals surface area contributed by atoms with Crippen LogP contribution in [0.25, 0.3) is 0 Å². The molecule has 19 heavy (non-hydrogen) atoms. The standard InChI is InChI=1S/C14H23BrN2OS/c15-12-9-14(19-10-12)13(17-16)4-2-1-3-11-5-7-18-8-6-11/h9-11,13,17H,1-8,16H2. The minimum atomic E-state index is 0.297. The molecule has 1 aliphatic heterocycles. The molecule has 1 aliphatic rings. The highest BCUT2D eigenvalue weighted by molar-refractivity contribution is 9.10. The summed E-state index contributed by atoms with van der Waals surface area (Å²) in [4.78, 5) is 1.32. The van der Waals surface area contributed by atoms with E-state index in [1.165, 1.54) is 37.0 Å².